The predicted octanol–water partition coefficient (Wildman–Crippen LogP) is -0.852. The van der Waals surface area contributed by atoms with Crippen LogP contribution in [0.25, 0.3) is 22.1 Å². The lowest BCUT2D eigenvalue weighted by Gasteiger charge is -2.05. The quantitative estimate of drug-likeness (QED) is 0.338. The number of nitrogen functional groups attached to an aromatic ring is 1. The van der Waals surface area contributed by atoms with Crippen LogP contribution in [0, 0.1) is 20.8 Å². The molecule has 0 saturated heterocycles. The van der Waals surface area contributed by atoms with Gasteiger partial charge < -0.3 is 20.8 Å². The van der Waals surface area contributed by atoms with Gasteiger partial charge in [0.25, 0.3) is 5.52 Å². The van der Waals surface area contributed by atoms with Crippen molar-refractivity contribution in [2.24, 2.45) is 0 Å². The van der Waals surface area contributed by atoms with E-state index in [1.807, 2.05) is 0 Å². The molecule has 4 rings (SSSR count). The molecule has 0 radical (unpaired) electrons. The van der Waals surface area contributed by atoms with Crippen molar-refractivity contribution in [3.63, 3.8) is 0 Å². The fourth-order valence-electron chi connectivity index (χ4n) is 2.46. The van der Waals surface area contributed by atoms with Crippen LogP contribution in [0.5, 0.6) is 0 Å². The van der Waals surface area contributed by atoms with Gasteiger partial charge in [0.1, 0.15) is 0 Å². The van der Waals surface area contributed by atoms with E-state index in [-0.39, 0.29) is 22.8 Å². The third-order valence-corrected chi connectivity index (χ3v) is 3.77. The zero-order chi connectivity index (χ0) is 19.6. The molecule has 0 aliphatic carbocycles. The summed E-state index contributed by atoms with van der Waals surface area (Å²) in [6, 6.07) is 12.9. The van der Waals surface area contributed by atoms with Crippen molar-refractivity contribution in [3.05, 3.63) is 75.2 Å². The summed E-state index contributed by atoms with van der Waals surface area (Å²) in [5, 5.41) is 52.3. The lowest BCUT2D eigenvalue weighted by Crippen LogP contribution is -2.45. The van der Waals surface area contributed by atoms with E-state index in [2.05, 4.69) is 10.2 Å². The van der Waals surface area contributed by atoms with Gasteiger partial charge >= 0.3 is 17.3 Å². The van der Waals surface area contributed by atoms with E-state index in [0.29, 0.717) is 36.6 Å². The van der Waals surface area contributed by atoms with E-state index in [4.69, 9.17) is 5.73 Å². The highest BCUT2D eigenvalue weighted by molar-refractivity contribution is 5.67. The Bertz CT molecular complexity index is 1140. The van der Waals surface area contributed by atoms with Crippen molar-refractivity contribution in [2.45, 2.75) is 13.3 Å². The van der Waals surface area contributed by atoms with Gasteiger partial charge in [-0.25, -0.2) is 9.46 Å². The Morgan fingerprint density at radius 2 is 1.19 bits per heavy atom. The molecule has 2 aromatic carbocycles. The normalized spacial score (nSPS) is 10.6. The van der Waals surface area contributed by atoms with Gasteiger partial charge in [-0.2, -0.15) is 0 Å². The Morgan fingerprint density at radius 1 is 0.741 bits per heavy atom. The standard InChI is InChI=1S/C9H9N3O2.C7H6N4O2/c1-2-9-10-12(14)8-6-4-3-5-7(8)11(9)13;8-7-9-11(13)6-4-2-1-3-5(6)10(7)12/h3-6H,2H2,1H3;1-4H,(H2,8,9). The summed E-state index contributed by atoms with van der Waals surface area (Å²) in [6.07, 6.45) is 0.441. The molecule has 2 heterocycles. The summed E-state index contributed by atoms with van der Waals surface area (Å²) in [5.41, 5.74) is 6.27. The largest absolute Gasteiger partial charge is 0.739 e. The Morgan fingerprint density at radius 3 is 1.70 bits per heavy atom. The SMILES string of the molecule is CCc1n[n+]([O-])c2ccccc2[n+]1[O-].Nc1n[n+]([O-])c2ccccc2[n+]1[O-]. The van der Waals surface area contributed by atoms with Crippen molar-refractivity contribution in [1.29, 1.82) is 0 Å². The van der Waals surface area contributed by atoms with Crippen LogP contribution in [0.1, 0.15) is 12.7 Å². The summed E-state index contributed by atoms with van der Waals surface area (Å²) < 4.78 is 1.12. The van der Waals surface area contributed by atoms with Gasteiger partial charge in [-0.05, 0) is 12.1 Å². The van der Waals surface area contributed by atoms with Crippen LogP contribution in [0.15, 0.2) is 48.5 Å². The third-order valence-electron chi connectivity index (χ3n) is 3.77. The molecule has 11 heteroatoms. The molecule has 4 aromatic rings. The second-order valence-electron chi connectivity index (χ2n) is 5.44. The van der Waals surface area contributed by atoms with Crippen LogP contribution in [0.4, 0.5) is 5.95 Å². The third kappa shape index (κ3) is 3.25. The minimum atomic E-state index is -0.353. The first-order valence-electron chi connectivity index (χ1n) is 7.92. The average Bonchev–Trinajstić information content (AvgIpc) is 2.69. The number of rotatable bonds is 1. The maximum Gasteiger partial charge on any atom is 0.458 e. The van der Waals surface area contributed by atoms with Gasteiger partial charge in [0.05, 0.1) is 11.3 Å². The summed E-state index contributed by atoms with van der Waals surface area (Å²) in [5.74, 6) is -0.118. The highest BCUT2D eigenvalue weighted by Crippen LogP contribution is 2.04. The smallest absolute Gasteiger partial charge is 0.458 e. The van der Waals surface area contributed by atoms with E-state index in [0.717, 1.165) is 0 Å². The lowest BCUT2D eigenvalue weighted by molar-refractivity contribution is -0.685. The van der Waals surface area contributed by atoms with Gasteiger partial charge in [0.2, 0.25) is 15.7 Å². The van der Waals surface area contributed by atoms with Gasteiger partial charge in [-0.3, -0.25) is 5.73 Å². The fraction of sp³-hybridized carbons (Fsp3) is 0.125. The second kappa shape index (κ2) is 7.07. The topological polar surface area (TPSA) is 160 Å². The zero-order valence-corrected chi connectivity index (χ0v) is 14.2. The Labute approximate surface area is 152 Å². The predicted molar refractivity (Wildman–Crippen MR) is 93.1 cm³/mol. The summed E-state index contributed by atoms with van der Waals surface area (Å²) in [7, 11) is 0. The molecule has 2 N–H and O–H groups in total. The Balaban J connectivity index is 0.000000156. The summed E-state index contributed by atoms with van der Waals surface area (Å²) >= 11 is 0. The molecule has 0 amide bonds. The van der Waals surface area contributed by atoms with Gasteiger partial charge in [-0.15, -0.1) is 0 Å². The number of hydrogen-bond donors (Lipinski definition) is 1. The molecule has 0 bridgehead atoms. The van der Waals surface area contributed by atoms with Crippen LogP contribution >= 0.6 is 0 Å². The highest BCUT2D eigenvalue weighted by atomic mass is 16.5. The molecule has 0 unspecified atom stereocenters. The summed E-state index contributed by atoms with van der Waals surface area (Å²) in [6.45, 7) is 1.78. The van der Waals surface area contributed by atoms with E-state index < -0.39 is 0 Å². The fourth-order valence-corrected chi connectivity index (χ4v) is 2.46. The number of para-hydroxylation sites is 4. The van der Waals surface area contributed by atoms with E-state index in [1.165, 1.54) is 12.1 Å². The molecule has 0 atom stereocenters. The van der Waals surface area contributed by atoms with Crippen LogP contribution in [-0.2, 0) is 6.42 Å². The summed E-state index contributed by atoms with van der Waals surface area (Å²) in [4.78, 5) is 0.821. The first-order valence-corrected chi connectivity index (χ1v) is 7.92. The van der Waals surface area contributed by atoms with Gasteiger partial charge in [-0.1, -0.05) is 31.2 Å². The van der Waals surface area contributed by atoms with E-state index in [9.17, 15) is 20.8 Å². The minimum absolute atomic E-state index is 0.201. The number of aromatic nitrogens is 6. The zero-order valence-electron chi connectivity index (χ0n) is 14.2. The number of nitrogens with zero attached hydrogens (tertiary/aromatic N) is 6. The molecule has 27 heavy (non-hydrogen) atoms. The van der Waals surface area contributed by atoms with E-state index in [1.54, 1.807) is 43.3 Å². The van der Waals surface area contributed by atoms with Crippen molar-refractivity contribution < 1.29 is 19.2 Å². The number of hydrogen-bond acceptors (Lipinski definition) is 7. The number of anilines is 1. The number of nitrogens with two attached hydrogens (primary N) is 1. The maximum absolute atomic E-state index is 11.6. The van der Waals surface area contributed by atoms with Crippen LogP contribution < -0.4 is 24.9 Å². The minimum Gasteiger partial charge on any atom is -0.739 e. The van der Waals surface area contributed by atoms with Crippen molar-refractivity contribution in [3.8, 4) is 0 Å². The molecule has 11 nitrogen and oxygen atoms in total. The van der Waals surface area contributed by atoms with Gasteiger partial charge in [0.15, 0.2) is 5.52 Å². The molecule has 138 valence electrons. The monoisotopic (exact) mass is 369 g/mol. The maximum atomic E-state index is 11.6. The Kier molecular flexibility index (Phi) is 4.66. The first kappa shape index (κ1) is 17.8. The second-order valence-corrected chi connectivity index (χ2v) is 5.44. The Hall–Kier alpha value is -4.02. The van der Waals surface area contributed by atoms with Crippen molar-refractivity contribution in [1.82, 2.24) is 10.2 Å². The van der Waals surface area contributed by atoms with Crippen molar-refractivity contribution >= 4 is 28.0 Å². The van der Waals surface area contributed by atoms with Crippen molar-refractivity contribution in [2.75, 3.05) is 5.73 Å². The molecule has 0 saturated carbocycles. The molecule has 0 aliphatic rings. The van der Waals surface area contributed by atoms with Crippen LogP contribution in [-0.4, -0.2) is 10.2 Å². The molecular weight excluding hydrogens is 354 g/mol. The molecule has 2 aromatic heterocycles. The first-order chi connectivity index (χ1) is 12.9. The van der Waals surface area contributed by atoms with Gasteiger partial charge in [0, 0.05) is 17.0 Å². The average molecular weight is 369 g/mol. The number of fused-ring (bicyclic) bond motifs is 2. The highest BCUT2D eigenvalue weighted by Gasteiger charge is 2.19. The molecule has 0 spiro atoms. The van der Waals surface area contributed by atoms with Crippen LogP contribution in [0.3, 0.4) is 0 Å². The molecule has 0 aliphatic heterocycles. The molecule has 0 fully saturated rings. The number of aryl methyl sites for hydroxylation is 1. The number of benzene rings is 2. The van der Waals surface area contributed by atoms with E-state index >= 15 is 0 Å². The molecular formula is C16H15N7O4. The van der Waals surface area contributed by atoms with Crippen LogP contribution in [0.2, 0.25) is 0 Å². The lowest BCUT2D eigenvalue weighted by atomic mass is 10.3.